The number of anilines is 2. The van der Waals surface area contributed by atoms with Crippen molar-refractivity contribution >= 4 is 40.9 Å². The van der Waals surface area contributed by atoms with Crippen LogP contribution in [0.1, 0.15) is 22.6 Å². The number of allylic oxidation sites excluding steroid dienone is 1. The molecule has 1 aromatic carbocycles. The van der Waals surface area contributed by atoms with Crippen LogP contribution in [0.2, 0.25) is 0 Å². The van der Waals surface area contributed by atoms with Crippen molar-refractivity contribution in [2.45, 2.75) is 6.42 Å². The third-order valence-corrected chi connectivity index (χ3v) is 4.90. The minimum Gasteiger partial charge on any atom is -0.497 e. The van der Waals surface area contributed by atoms with E-state index in [1.165, 1.54) is 7.11 Å². The van der Waals surface area contributed by atoms with E-state index in [1.807, 2.05) is 29.2 Å². The topological polar surface area (TPSA) is 95.5 Å². The molecule has 0 aliphatic carbocycles. The lowest BCUT2D eigenvalue weighted by atomic mass is 10.2. The van der Waals surface area contributed by atoms with Gasteiger partial charge in [-0.1, -0.05) is 6.58 Å². The monoisotopic (exact) mass is 402 g/mol. The van der Waals surface area contributed by atoms with Gasteiger partial charge in [0.2, 0.25) is 5.95 Å². The number of carbonyl (C=O) groups is 1. The second-order valence-electron chi connectivity index (χ2n) is 6.88. The number of benzene rings is 1. The maximum absolute atomic E-state index is 12.4. The SMILES string of the molecule is C=N/C(=C\C(=C)OC)c1ccnc(Nc2ccc3[nH]c(C(=O)N4CCC4)cc3c2)n1. The van der Waals surface area contributed by atoms with Gasteiger partial charge in [-0.2, -0.15) is 0 Å². The van der Waals surface area contributed by atoms with E-state index >= 15 is 0 Å². The number of nitrogens with zero attached hydrogens (tertiary/aromatic N) is 4. The maximum Gasteiger partial charge on any atom is 0.270 e. The van der Waals surface area contributed by atoms with Gasteiger partial charge in [-0.05, 0) is 43.5 Å². The molecule has 3 heterocycles. The van der Waals surface area contributed by atoms with Crippen molar-refractivity contribution in [1.82, 2.24) is 19.9 Å². The molecule has 2 N–H and O–H groups in total. The lowest BCUT2D eigenvalue weighted by Crippen LogP contribution is -2.42. The molecule has 1 saturated heterocycles. The number of likely N-dealkylation sites (tertiary alicyclic amines) is 1. The molecule has 0 bridgehead atoms. The van der Waals surface area contributed by atoms with Gasteiger partial charge in [0.1, 0.15) is 11.5 Å². The van der Waals surface area contributed by atoms with Crippen LogP contribution in [0, 0.1) is 0 Å². The van der Waals surface area contributed by atoms with E-state index in [4.69, 9.17) is 4.74 Å². The summed E-state index contributed by atoms with van der Waals surface area (Å²) in [5.41, 5.74) is 3.43. The molecule has 4 rings (SSSR count). The number of hydrogen-bond acceptors (Lipinski definition) is 6. The zero-order valence-electron chi connectivity index (χ0n) is 16.7. The molecule has 1 fully saturated rings. The molecule has 0 unspecified atom stereocenters. The van der Waals surface area contributed by atoms with Crippen LogP contribution in [0.5, 0.6) is 0 Å². The molecule has 30 heavy (non-hydrogen) atoms. The fourth-order valence-electron chi connectivity index (χ4n) is 3.12. The Morgan fingerprint density at radius 1 is 1.33 bits per heavy atom. The van der Waals surface area contributed by atoms with Crippen LogP contribution in [-0.4, -0.2) is 52.7 Å². The van der Waals surface area contributed by atoms with Crippen LogP contribution < -0.4 is 5.32 Å². The molecule has 8 heteroatoms. The summed E-state index contributed by atoms with van der Waals surface area (Å²) in [7, 11) is 1.53. The lowest BCUT2D eigenvalue weighted by Gasteiger charge is -2.30. The first-order valence-electron chi connectivity index (χ1n) is 9.51. The number of ether oxygens (including phenoxy) is 1. The molecule has 0 atom stereocenters. The minimum atomic E-state index is 0.0388. The number of aromatic amines is 1. The fourth-order valence-corrected chi connectivity index (χ4v) is 3.12. The van der Waals surface area contributed by atoms with Crippen molar-refractivity contribution in [3.8, 4) is 0 Å². The highest BCUT2D eigenvalue weighted by Crippen LogP contribution is 2.24. The first kappa shape index (κ1) is 19.4. The summed E-state index contributed by atoms with van der Waals surface area (Å²) in [4.78, 5) is 30.2. The Labute approximate surface area is 174 Å². The molecule has 152 valence electrons. The number of carbonyl (C=O) groups excluding carboxylic acids is 1. The van der Waals surface area contributed by atoms with Crippen molar-refractivity contribution in [3.05, 3.63) is 66.3 Å². The van der Waals surface area contributed by atoms with E-state index in [1.54, 1.807) is 18.3 Å². The summed E-state index contributed by atoms with van der Waals surface area (Å²) in [5, 5.41) is 4.13. The van der Waals surface area contributed by atoms with Gasteiger partial charge in [0.15, 0.2) is 0 Å². The largest absolute Gasteiger partial charge is 0.497 e. The molecule has 8 nitrogen and oxygen atoms in total. The molecular weight excluding hydrogens is 380 g/mol. The van der Waals surface area contributed by atoms with Crippen LogP contribution in [0.25, 0.3) is 16.6 Å². The van der Waals surface area contributed by atoms with Crippen molar-refractivity contribution in [2.24, 2.45) is 4.99 Å². The van der Waals surface area contributed by atoms with E-state index < -0.39 is 0 Å². The third-order valence-electron chi connectivity index (χ3n) is 4.90. The van der Waals surface area contributed by atoms with Crippen molar-refractivity contribution in [2.75, 3.05) is 25.5 Å². The minimum absolute atomic E-state index is 0.0388. The molecule has 3 aromatic rings. The zero-order valence-corrected chi connectivity index (χ0v) is 16.7. The van der Waals surface area contributed by atoms with Gasteiger partial charge in [0, 0.05) is 42.0 Å². The average Bonchev–Trinajstić information content (AvgIpc) is 3.14. The number of fused-ring (bicyclic) bond motifs is 1. The number of nitrogens with one attached hydrogen (secondary N) is 2. The maximum atomic E-state index is 12.4. The van der Waals surface area contributed by atoms with Gasteiger partial charge in [-0.15, -0.1) is 0 Å². The third kappa shape index (κ3) is 3.93. The first-order valence-corrected chi connectivity index (χ1v) is 9.51. The number of amides is 1. The van der Waals surface area contributed by atoms with Gasteiger partial charge in [-0.25, -0.2) is 9.97 Å². The Morgan fingerprint density at radius 3 is 2.87 bits per heavy atom. The zero-order chi connectivity index (χ0) is 21.1. The Bertz CT molecular complexity index is 1160. The van der Waals surface area contributed by atoms with Gasteiger partial charge in [-0.3, -0.25) is 9.79 Å². The molecule has 2 aromatic heterocycles. The number of aliphatic imine (C=N–C) groups is 1. The molecule has 0 spiro atoms. The predicted octanol–water partition coefficient (Wildman–Crippen LogP) is 3.75. The summed E-state index contributed by atoms with van der Waals surface area (Å²) in [6, 6.07) is 9.38. The Balaban J connectivity index is 1.56. The quantitative estimate of drug-likeness (QED) is 0.356. The van der Waals surface area contributed by atoms with Gasteiger partial charge >= 0.3 is 0 Å². The normalized spacial score (nSPS) is 13.6. The summed E-state index contributed by atoms with van der Waals surface area (Å²) < 4.78 is 5.07. The molecular formula is C22H22N6O2. The van der Waals surface area contributed by atoms with E-state index in [-0.39, 0.29) is 5.91 Å². The molecule has 1 aliphatic heterocycles. The highest BCUT2D eigenvalue weighted by molar-refractivity contribution is 5.99. The summed E-state index contributed by atoms with van der Waals surface area (Å²) in [6.45, 7) is 8.99. The summed E-state index contributed by atoms with van der Waals surface area (Å²) in [6.07, 6.45) is 4.36. The van der Waals surface area contributed by atoms with Crippen LogP contribution in [0.4, 0.5) is 11.6 Å². The Hall–Kier alpha value is -3.94. The summed E-state index contributed by atoms with van der Waals surface area (Å²) in [5.74, 6) is 0.903. The van der Waals surface area contributed by atoms with E-state index in [9.17, 15) is 4.79 Å². The number of H-pyrrole nitrogens is 1. The Morgan fingerprint density at radius 2 is 2.17 bits per heavy atom. The van der Waals surface area contributed by atoms with E-state index in [2.05, 4.69) is 38.6 Å². The van der Waals surface area contributed by atoms with Gasteiger partial charge in [0.25, 0.3) is 5.91 Å². The van der Waals surface area contributed by atoms with Crippen LogP contribution >= 0.6 is 0 Å². The molecule has 0 saturated carbocycles. The number of hydrogen-bond donors (Lipinski definition) is 2. The smallest absolute Gasteiger partial charge is 0.270 e. The van der Waals surface area contributed by atoms with Gasteiger partial charge < -0.3 is 19.9 Å². The number of methoxy groups -OCH3 is 1. The van der Waals surface area contributed by atoms with Gasteiger partial charge in [0.05, 0.1) is 18.5 Å². The van der Waals surface area contributed by atoms with Crippen LogP contribution in [0.15, 0.2) is 59.9 Å². The average molecular weight is 402 g/mol. The second kappa shape index (κ2) is 8.20. The highest BCUT2D eigenvalue weighted by atomic mass is 16.5. The molecule has 1 aliphatic rings. The standard InChI is InChI=1S/C22H22N6O2/c1-14(30-3)11-19(23-2)18-7-8-24-22(27-18)25-16-5-6-17-15(12-16)13-20(26-17)21(29)28-9-4-10-28/h5-8,11-13,26H,1-2,4,9-10H2,3H3,(H,24,25,27)/b19-11-. The van der Waals surface area contributed by atoms with Crippen molar-refractivity contribution in [3.63, 3.8) is 0 Å². The molecule has 0 radical (unpaired) electrons. The van der Waals surface area contributed by atoms with E-state index in [0.29, 0.717) is 28.8 Å². The van der Waals surface area contributed by atoms with Crippen LogP contribution in [-0.2, 0) is 4.74 Å². The summed E-state index contributed by atoms with van der Waals surface area (Å²) >= 11 is 0. The number of aromatic nitrogens is 3. The van der Waals surface area contributed by atoms with Crippen molar-refractivity contribution in [1.29, 1.82) is 0 Å². The molecule has 1 amide bonds. The first-order chi connectivity index (χ1) is 14.6. The Kier molecular flexibility index (Phi) is 5.30. The number of rotatable bonds is 7. The van der Waals surface area contributed by atoms with Crippen molar-refractivity contribution < 1.29 is 9.53 Å². The second-order valence-corrected chi connectivity index (χ2v) is 6.88. The van der Waals surface area contributed by atoms with E-state index in [0.717, 1.165) is 36.1 Å². The highest BCUT2D eigenvalue weighted by Gasteiger charge is 2.22. The van der Waals surface area contributed by atoms with Crippen LogP contribution in [0.3, 0.4) is 0 Å². The lowest BCUT2D eigenvalue weighted by molar-refractivity contribution is 0.0646. The fraction of sp³-hybridized carbons (Fsp3) is 0.182. The predicted molar refractivity (Wildman–Crippen MR) is 118 cm³/mol.